The van der Waals surface area contributed by atoms with Crippen LogP contribution < -0.4 is 10.6 Å². The summed E-state index contributed by atoms with van der Waals surface area (Å²) in [5, 5.41) is 5.29. The topological polar surface area (TPSA) is 105 Å². The number of hydrogen-bond acceptors (Lipinski definition) is 5. The van der Waals surface area contributed by atoms with Gasteiger partial charge in [0.25, 0.3) is 5.91 Å². The largest absolute Gasteiger partial charge is 0.465 e. The van der Waals surface area contributed by atoms with Crippen LogP contribution in [0.15, 0.2) is 24.3 Å². The molecule has 1 saturated heterocycles. The van der Waals surface area contributed by atoms with Crippen LogP contribution in [0.1, 0.15) is 44.0 Å². The van der Waals surface area contributed by atoms with Crippen LogP contribution in [-0.2, 0) is 14.3 Å². The molecule has 2 rings (SSSR count). The number of amides is 4. The van der Waals surface area contributed by atoms with Gasteiger partial charge < -0.3 is 15.4 Å². The molecule has 0 aliphatic carbocycles. The van der Waals surface area contributed by atoms with Crippen molar-refractivity contribution in [1.82, 2.24) is 10.2 Å². The highest BCUT2D eigenvalue weighted by atomic mass is 16.5. The van der Waals surface area contributed by atoms with Gasteiger partial charge in [-0.3, -0.25) is 14.5 Å². The zero-order valence-corrected chi connectivity index (χ0v) is 16.0. The lowest BCUT2D eigenvalue weighted by atomic mass is 9.92. The number of hydrogen-bond donors (Lipinski definition) is 2. The third kappa shape index (κ3) is 4.84. The second kappa shape index (κ2) is 8.20. The monoisotopic (exact) mass is 375 g/mol. The van der Waals surface area contributed by atoms with Gasteiger partial charge in [0.05, 0.1) is 12.7 Å². The summed E-state index contributed by atoms with van der Waals surface area (Å²) in [7, 11) is 1.28. The molecule has 1 unspecified atom stereocenters. The van der Waals surface area contributed by atoms with Crippen LogP contribution in [0.25, 0.3) is 0 Å². The molecule has 1 aromatic rings. The van der Waals surface area contributed by atoms with Gasteiger partial charge in [-0.25, -0.2) is 9.59 Å². The Balaban J connectivity index is 1.98. The fourth-order valence-corrected chi connectivity index (χ4v) is 2.79. The zero-order valence-electron chi connectivity index (χ0n) is 16.0. The van der Waals surface area contributed by atoms with Crippen LogP contribution in [0.3, 0.4) is 0 Å². The van der Waals surface area contributed by atoms with E-state index in [1.54, 1.807) is 19.1 Å². The average Bonchev–Trinajstić information content (AvgIpc) is 2.83. The normalized spacial score (nSPS) is 19.2. The first-order valence-corrected chi connectivity index (χ1v) is 8.78. The number of carbonyl (C=O) groups is 4. The van der Waals surface area contributed by atoms with E-state index < -0.39 is 29.4 Å². The van der Waals surface area contributed by atoms with Crippen molar-refractivity contribution in [2.24, 2.45) is 5.92 Å². The van der Waals surface area contributed by atoms with Crippen LogP contribution in [-0.4, -0.2) is 47.9 Å². The summed E-state index contributed by atoms with van der Waals surface area (Å²) in [6.07, 6.45) is 1.30. The number of imide groups is 1. The van der Waals surface area contributed by atoms with E-state index in [-0.39, 0.29) is 6.54 Å². The van der Waals surface area contributed by atoms with Gasteiger partial charge in [0, 0.05) is 5.69 Å². The van der Waals surface area contributed by atoms with E-state index >= 15 is 0 Å². The minimum atomic E-state index is -0.982. The minimum Gasteiger partial charge on any atom is -0.465 e. The molecule has 2 N–H and O–H groups in total. The van der Waals surface area contributed by atoms with Crippen LogP contribution in [0.4, 0.5) is 10.5 Å². The predicted molar refractivity (Wildman–Crippen MR) is 99.1 cm³/mol. The second-order valence-corrected chi connectivity index (χ2v) is 7.20. The molecule has 0 spiro atoms. The molecule has 4 amide bonds. The molecule has 0 bridgehead atoms. The van der Waals surface area contributed by atoms with Crippen molar-refractivity contribution in [2.45, 2.75) is 39.2 Å². The van der Waals surface area contributed by atoms with Crippen LogP contribution in [0.5, 0.6) is 0 Å². The van der Waals surface area contributed by atoms with Crippen molar-refractivity contribution in [2.75, 3.05) is 19.0 Å². The fraction of sp³-hybridized carbons (Fsp3) is 0.474. The number of nitrogens with zero attached hydrogens (tertiary/aromatic N) is 1. The second-order valence-electron chi connectivity index (χ2n) is 7.20. The average molecular weight is 375 g/mol. The molecule has 1 fully saturated rings. The molecule has 0 saturated carbocycles. The van der Waals surface area contributed by atoms with E-state index in [1.165, 1.54) is 19.2 Å². The van der Waals surface area contributed by atoms with Gasteiger partial charge in [0.2, 0.25) is 5.91 Å². The van der Waals surface area contributed by atoms with Crippen LogP contribution in [0, 0.1) is 5.92 Å². The summed E-state index contributed by atoms with van der Waals surface area (Å²) in [5.74, 6) is -0.980. The van der Waals surface area contributed by atoms with E-state index in [4.69, 9.17) is 0 Å². The summed E-state index contributed by atoms with van der Waals surface area (Å²) >= 11 is 0. The maximum absolute atomic E-state index is 12.6. The highest BCUT2D eigenvalue weighted by Crippen LogP contribution is 2.24. The van der Waals surface area contributed by atoms with E-state index in [0.29, 0.717) is 23.6 Å². The molecule has 1 aliphatic heterocycles. The van der Waals surface area contributed by atoms with Gasteiger partial charge in [-0.2, -0.15) is 0 Å². The number of esters is 1. The molecule has 1 aliphatic rings. The highest BCUT2D eigenvalue weighted by molar-refractivity contribution is 6.09. The van der Waals surface area contributed by atoms with E-state index in [2.05, 4.69) is 15.4 Å². The van der Waals surface area contributed by atoms with Crippen molar-refractivity contribution in [1.29, 1.82) is 0 Å². The van der Waals surface area contributed by atoms with Gasteiger partial charge in [-0.15, -0.1) is 0 Å². The maximum atomic E-state index is 12.6. The summed E-state index contributed by atoms with van der Waals surface area (Å²) in [4.78, 5) is 49.3. The van der Waals surface area contributed by atoms with Gasteiger partial charge in [0.1, 0.15) is 12.1 Å². The number of rotatable bonds is 7. The standard InChI is InChI=1S/C19H25N3O5/c1-12(2)9-10-19(3)17(25)22(18(26)21-19)11-15(23)20-14-7-5-13(6-8-14)16(24)27-4/h5-8,12H,9-11H2,1-4H3,(H,20,23)(H,21,26). The molecule has 1 atom stereocenters. The summed E-state index contributed by atoms with van der Waals surface area (Å²) in [6.45, 7) is 5.39. The van der Waals surface area contributed by atoms with E-state index in [1.807, 2.05) is 13.8 Å². The molecule has 0 radical (unpaired) electrons. The third-order valence-corrected chi connectivity index (χ3v) is 4.46. The number of anilines is 1. The van der Waals surface area contributed by atoms with Crippen molar-refractivity contribution < 1.29 is 23.9 Å². The molecule has 8 heteroatoms. The zero-order chi connectivity index (χ0) is 20.2. The van der Waals surface area contributed by atoms with Crippen molar-refractivity contribution in [3.8, 4) is 0 Å². The highest BCUT2D eigenvalue weighted by Gasteiger charge is 2.47. The number of urea groups is 1. The first-order chi connectivity index (χ1) is 12.7. The molecule has 8 nitrogen and oxygen atoms in total. The lowest BCUT2D eigenvalue weighted by Gasteiger charge is -2.22. The van der Waals surface area contributed by atoms with Gasteiger partial charge in [-0.05, 0) is 49.9 Å². The quantitative estimate of drug-likeness (QED) is 0.561. The Bertz CT molecular complexity index is 744. The minimum absolute atomic E-state index is 0.352. The number of nitrogens with one attached hydrogen (secondary N) is 2. The lowest BCUT2D eigenvalue weighted by Crippen LogP contribution is -2.44. The Morgan fingerprint density at radius 1 is 1.22 bits per heavy atom. The summed E-state index contributed by atoms with van der Waals surface area (Å²) in [5.41, 5.74) is -0.183. The molecule has 146 valence electrons. The Kier molecular flexibility index (Phi) is 6.20. The summed E-state index contributed by atoms with van der Waals surface area (Å²) < 4.78 is 4.61. The Labute approximate surface area is 158 Å². The summed E-state index contributed by atoms with van der Waals surface area (Å²) in [6, 6.07) is 5.55. The molecule has 27 heavy (non-hydrogen) atoms. The molecule has 0 aromatic heterocycles. The van der Waals surface area contributed by atoms with E-state index in [9.17, 15) is 19.2 Å². The Morgan fingerprint density at radius 2 is 1.85 bits per heavy atom. The van der Waals surface area contributed by atoms with Crippen molar-refractivity contribution in [3.05, 3.63) is 29.8 Å². The lowest BCUT2D eigenvalue weighted by molar-refractivity contribution is -0.133. The van der Waals surface area contributed by atoms with Crippen LogP contribution in [0.2, 0.25) is 0 Å². The van der Waals surface area contributed by atoms with Gasteiger partial charge >= 0.3 is 12.0 Å². The SMILES string of the molecule is COC(=O)c1ccc(NC(=O)CN2C(=O)NC(C)(CCC(C)C)C2=O)cc1. The van der Waals surface area contributed by atoms with Crippen LogP contribution >= 0.6 is 0 Å². The molecular weight excluding hydrogens is 350 g/mol. The fourth-order valence-electron chi connectivity index (χ4n) is 2.79. The third-order valence-electron chi connectivity index (χ3n) is 4.46. The Hall–Kier alpha value is -2.90. The van der Waals surface area contributed by atoms with Gasteiger partial charge in [0.15, 0.2) is 0 Å². The first kappa shape index (κ1) is 20.4. The predicted octanol–water partition coefficient (Wildman–Crippen LogP) is 2.16. The number of methoxy groups -OCH3 is 1. The number of carbonyl (C=O) groups excluding carboxylic acids is 4. The number of ether oxygens (including phenoxy) is 1. The van der Waals surface area contributed by atoms with E-state index in [0.717, 1.165) is 11.3 Å². The molecule has 1 aromatic carbocycles. The van der Waals surface area contributed by atoms with Gasteiger partial charge in [-0.1, -0.05) is 13.8 Å². The first-order valence-electron chi connectivity index (χ1n) is 8.78. The molecule has 1 heterocycles. The van der Waals surface area contributed by atoms with Crippen molar-refractivity contribution in [3.63, 3.8) is 0 Å². The van der Waals surface area contributed by atoms with Crippen molar-refractivity contribution >= 4 is 29.5 Å². The smallest absolute Gasteiger partial charge is 0.337 e. The number of benzene rings is 1. The molecular formula is C19H25N3O5. The maximum Gasteiger partial charge on any atom is 0.337 e. The Morgan fingerprint density at radius 3 is 2.41 bits per heavy atom.